The molecule has 0 fully saturated rings. The number of rotatable bonds is 6. The van der Waals surface area contributed by atoms with E-state index in [9.17, 15) is 19.6 Å². The lowest BCUT2D eigenvalue weighted by Crippen LogP contribution is -2.43. The minimum atomic E-state index is -1.22. The molecule has 1 aromatic rings. The summed E-state index contributed by atoms with van der Waals surface area (Å²) in [6, 6.07) is 2.99. The second-order valence-corrected chi connectivity index (χ2v) is 6.62. The van der Waals surface area contributed by atoms with Crippen molar-refractivity contribution in [3.63, 3.8) is 0 Å². The van der Waals surface area contributed by atoms with Crippen LogP contribution in [0.1, 0.15) is 37.7 Å². The molecular weight excluding hydrogens is 348 g/mol. The summed E-state index contributed by atoms with van der Waals surface area (Å²) in [7, 11) is 1.35. The molecule has 0 unspecified atom stereocenters. The highest BCUT2D eigenvalue weighted by molar-refractivity contribution is 6.01. The van der Waals surface area contributed by atoms with Gasteiger partial charge in [0.2, 0.25) is 0 Å². The maximum Gasteiger partial charge on any atom is 0.349 e. The van der Waals surface area contributed by atoms with Crippen LogP contribution in [0, 0.1) is 31.1 Å². The molecule has 1 atom stereocenters. The second kappa shape index (κ2) is 9.57. The summed E-state index contributed by atoms with van der Waals surface area (Å²) in [4.78, 5) is 35.1. The molecule has 0 aliphatic rings. The van der Waals surface area contributed by atoms with Crippen LogP contribution in [-0.2, 0) is 20.9 Å². The maximum absolute atomic E-state index is 12.2. The molecule has 2 N–H and O–H groups in total. The van der Waals surface area contributed by atoms with Gasteiger partial charge < -0.3 is 14.6 Å². The number of nitrogens with one attached hydrogen (secondary N) is 2. The van der Waals surface area contributed by atoms with Crippen molar-refractivity contribution in [3.8, 4) is 6.07 Å². The number of hydrogen-bond acceptors (Lipinski definition) is 5. The van der Waals surface area contributed by atoms with Gasteiger partial charge >= 0.3 is 12.0 Å². The van der Waals surface area contributed by atoms with Gasteiger partial charge in [0.15, 0.2) is 6.10 Å². The topological polar surface area (TPSA) is 113 Å². The molecule has 1 heterocycles. The van der Waals surface area contributed by atoms with E-state index in [1.54, 1.807) is 0 Å². The Morgan fingerprint density at radius 3 is 2.44 bits per heavy atom. The molecule has 146 valence electrons. The molecule has 0 bridgehead atoms. The largest absolute Gasteiger partial charge is 0.448 e. The van der Waals surface area contributed by atoms with Gasteiger partial charge in [-0.25, -0.2) is 9.59 Å². The molecule has 0 saturated carbocycles. The van der Waals surface area contributed by atoms with E-state index in [1.165, 1.54) is 20.0 Å². The van der Waals surface area contributed by atoms with E-state index < -0.39 is 24.0 Å². The van der Waals surface area contributed by atoms with Crippen LogP contribution < -0.4 is 10.6 Å². The van der Waals surface area contributed by atoms with E-state index in [-0.39, 0.29) is 5.57 Å². The van der Waals surface area contributed by atoms with Crippen LogP contribution in [0.15, 0.2) is 11.6 Å². The summed E-state index contributed by atoms with van der Waals surface area (Å²) >= 11 is 0. The number of carbonyl (C=O) groups is 3. The molecule has 8 heteroatoms. The van der Waals surface area contributed by atoms with Crippen molar-refractivity contribution in [1.82, 2.24) is 15.2 Å². The Morgan fingerprint density at radius 2 is 1.93 bits per heavy atom. The predicted molar refractivity (Wildman–Crippen MR) is 100 cm³/mol. The van der Waals surface area contributed by atoms with Crippen LogP contribution in [0.25, 0.3) is 6.08 Å². The van der Waals surface area contributed by atoms with Crippen molar-refractivity contribution in [1.29, 1.82) is 5.26 Å². The third-order valence-electron chi connectivity index (χ3n) is 3.92. The molecule has 1 aromatic heterocycles. The molecule has 0 aliphatic carbocycles. The Hall–Kier alpha value is -3.08. The number of urea groups is 1. The fourth-order valence-corrected chi connectivity index (χ4v) is 2.47. The van der Waals surface area contributed by atoms with Gasteiger partial charge in [0.05, 0.1) is 0 Å². The van der Waals surface area contributed by atoms with E-state index in [4.69, 9.17) is 4.74 Å². The van der Waals surface area contributed by atoms with Crippen molar-refractivity contribution >= 4 is 24.0 Å². The van der Waals surface area contributed by atoms with E-state index >= 15 is 0 Å². The van der Waals surface area contributed by atoms with Crippen molar-refractivity contribution in [2.45, 2.75) is 47.3 Å². The highest BCUT2D eigenvalue weighted by Crippen LogP contribution is 2.20. The normalized spacial score (nSPS) is 12.3. The van der Waals surface area contributed by atoms with Gasteiger partial charge in [-0.1, -0.05) is 13.8 Å². The molecule has 8 nitrogen and oxygen atoms in total. The van der Waals surface area contributed by atoms with Gasteiger partial charge in [-0.05, 0) is 44.4 Å². The minimum absolute atomic E-state index is 0.223. The van der Waals surface area contributed by atoms with Crippen LogP contribution in [0.4, 0.5) is 4.79 Å². The number of nitrogens with zero attached hydrogens (tertiary/aromatic N) is 2. The Balaban J connectivity index is 2.98. The predicted octanol–water partition coefficient (Wildman–Crippen LogP) is 2.06. The second-order valence-electron chi connectivity index (χ2n) is 6.62. The van der Waals surface area contributed by atoms with Crippen LogP contribution >= 0.6 is 0 Å². The van der Waals surface area contributed by atoms with Gasteiger partial charge in [-0.3, -0.25) is 10.1 Å². The van der Waals surface area contributed by atoms with Crippen molar-refractivity contribution in [2.75, 3.05) is 7.05 Å². The number of hydrogen-bond donors (Lipinski definition) is 2. The third kappa shape index (κ3) is 5.99. The summed E-state index contributed by atoms with van der Waals surface area (Å²) in [6.45, 7) is 10.2. The summed E-state index contributed by atoms with van der Waals surface area (Å²) in [5.41, 5.74) is 2.48. The Morgan fingerprint density at radius 1 is 1.30 bits per heavy atom. The molecule has 0 spiro atoms. The number of nitriles is 1. The summed E-state index contributed by atoms with van der Waals surface area (Å²) in [6.07, 6.45) is 0.227. The summed E-state index contributed by atoms with van der Waals surface area (Å²) < 4.78 is 7.12. The first kappa shape index (κ1) is 22.0. The first-order valence-electron chi connectivity index (χ1n) is 8.62. The van der Waals surface area contributed by atoms with Crippen molar-refractivity contribution in [3.05, 3.63) is 28.6 Å². The SMILES string of the molecule is CNC(=O)NC(=O)[C@@H](C)OC(=O)/C(C#N)=C/c1cc(C)n(CC(C)C)c1C. The molecular formula is C19H26N4O4. The molecule has 27 heavy (non-hydrogen) atoms. The average molecular weight is 374 g/mol. The Labute approximate surface area is 159 Å². The van der Waals surface area contributed by atoms with E-state index in [0.717, 1.165) is 23.5 Å². The van der Waals surface area contributed by atoms with Gasteiger partial charge in [0.1, 0.15) is 11.6 Å². The number of imide groups is 1. The number of ether oxygens (including phenoxy) is 1. The Kier molecular flexibility index (Phi) is 7.79. The monoisotopic (exact) mass is 374 g/mol. The van der Waals surface area contributed by atoms with Crippen LogP contribution in [-0.4, -0.2) is 35.6 Å². The highest BCUT2D eigenvalue weighted by atomic mass is 16.5. The maximum atomic E-state index is 12.2. The fourth-order valence-electron chi connectivity index (χ4n) is 2.47. The van der Waals surface area contributed by atoms with Gasteiger partial charge in [-0.2, -0.15) is 5.26 Å². The van der Waals surface area contributed by atoms with Crippen LogP contribution in [0.5, 0.6) is 0 Å². The molecule has 0 radical (unpaired) electrons. The number of aromatic nitrogens is 1. The third-order valence-corrected chi connectivity index (χ3v) is 3.92. The lowest BCUT2D eigenvalue weighted by atomic mass is 10.1. The van der Waals surface area contributed by atoms with E-state index in [2.05, 4.69) is 23.7 Å². The van der Waals surface area contributed by atoms with Crippen LogP contribution in [0.2, 0.25) is 0 Å². The fraction of sp³-hybridized carbons (Fsp3) is 0.474. The lowest BCUT2D eigenvalue weighted by Gasteiger charge is -2.12. The number of amides is 3. The van der Waals surface area contributed by atoms with Gasteiger partial charge in [0, 0.05) is 25.0 Å². The van der Waals surface area contributed by atoms with Gasteiger partial charge in [-0.15, -0.1) is 0 Å². The zero-order valence-electron chi connectivity index (χ0n) is 16.5. The molecule has 1 rings (SSSR count). The summed E-state index contributed by atoms with van der Waals surface area (Å²) in [5.74, 6) is -1.26. The number of carbonyl (C=O) groups excluding carboxylic acids is 3. The summed E-state index contributed by atoms with van der Waals surface area (Å²) in [5, 5.41) is 13.5. The smallest absolute Gasteiger partial charge is 0.349 e. The molecule has 0 saturated heterocycles. The molecule has 0 aliphatic heterocycles. The zero-order chi connectivity index (χ0) is 20.7. The lowest BCUT2D eigenvalue weighted by molar-refractivity contribution is -0.150. The Bertz CT molecular complexity index is 799. The first-order valence-corrected chi connectivity index (χ1v) is 8.62. The molecule has 3 amide bonds. The standard InChI is InChI=1S/C19H26N4O4/c1-11(2)10-23-12(3)7-15(13(23)4)8-16(9-20)18(25)27-14(5)17(24)22-19(26)21-6/h7-8,11,14H,10H2,1-6H3,(H2,21,22,24,26)/b16-8+/t14-/m1/s1. The minimum Gasteiger partial charge on any atom is -0.448 e. The number of aryl methyl sites for hydroxylation is 1. The average Bonchev–Trinajstić information content (AvgIpc) is 2.86. The van der Waals surface area contributed by atoms with E-state index in [0.29, 0.717) is 5.92 Å². The van der Waals surface area contributed by atoms with E-state index in [1.807, 2.05) is 31.3 Å². The number of esters is 1. The van der Waals surface area contributed by atoms with Crippen molar-refractivity contribution in [2.24, 2.45) is 5.92 Å². The van der Waals surface area contributed by atoms with Gasteiger partial charge in [0.25, 0.3) is 5.91 Å². The first-order chi connectivity index (χ1) is 12.6. The van der Waals surface area contributed by atoms with Crippen molar-refractivity contribution < 1.29 is 19.1 Å². The zero-order valence-corrected chi connectivity index (χ0v) is 16.5. The molecule has 0 aromatic carbocycles. The quantitative estimate of drug-likeness (QED) is 0.449. The highest BCUT2D eigenvalue weighted by Gasteiger charge is 2.22. The van der Waals surface area contributed by atoms with Crippen LogP contribution in [0.3, 0.4) is 0 Å².